The monoisotopic (exact) mass is 246 g/mol. The van der Waals surface area contributed by atoms with E-state index in [2.05, 4.69) is 9.97 Å². The molecule has 0 bridgehead atoms. The minimum Gasteiger partial charge on any atom is -0.478 e. The molecule has 0 aliphatic rings. The van der Waals surface area contributed by atoms with E-state index in [1.807, 2.05) is 0 Å². The number of nitrogens with zero attached hydrogens (tertiary/aromatic N) is 1. The van der Waals surface area contributed by atoms with Crippen LogP contribution in [-0.4, -0.2) is 21.0 Å². The quantitative estimate of drug-likeness (QED) is 0.818. The highest BCUT2D eigenvalue weighted by molar-refractivity contribution is 5.84. The molecule has 1 aromatic heterocycles. The molecule has 2 N–H and O–H groups in total. The van der Waals surface area contributed by atoms with Gasteiger partial charge in [0.2, 0.25) is 0 Å². The number of carboxylic acid groups (broad SMARTS) is 1. The highest BCUT2D eigenvalue weighted by atomic mass is 19.1. The fraction of sp³-hybridized carbons (Fsp3) is 0.0769. The first-order valence-corrected chi connectivity index (χ1v) is 5.30. The first kappa shape index (κ1) is 12.0. The summed E-state index contributed by atoms with van der Waals surface area (Å²) in [5.41, 5.74) is 1.56. The van der Waals surface area contributed by atoms with E-state index in [0.29, 0.717) is 22.8 Å². The Bertz CT molecular complexity index is 617. The van der Waals surface area contributed by atoms with Gasteiger partial charge in [-0.15, -0.1) is 0 Å². The van der Waals surface area contributed by atoms with Gasteiger partial charge in [0.25, 0.3) is 0 Å². The summed E-state index contributed by atoms with van der Waals surface area (Å²) in [6.45, 7) is 1.76. The molecule has 0 saturated carbocycles. The fourth-order valence-corrected chi connectivity index (χ4v) is 1.63. The van der Waals surface area contributed by atoms with Crippen LogP contribution in [0.2, 0.25) is 0 Å². The molecule has 92 valence electrons. The fourth-order valence-electron chi connectivity index (χ4n) is 1.63. The Morgan fingerprint density at radius 2 is 2.17 bits per heavy atom. The number of nitrogens with one attached hydrogen (secondary N) is 1. The Morgan fingerprint density at radius 1 is 1.44 bits per heavy atom. The summed E-state index contributed by atoms with van der Waals surface area (Å²) in [4.78, 5) is 17.5. The summed E-state index contributed by atoms with van der Waals surface area (Å²) in [6, 6.07) is 6.31. The Hall–Kier alpha value is -2.43. The van der Waals surface area contributed by atoms with Gasteiger partial charge in [0.05, 0.1) is 5.69 Å². The van der Waals surface area contributed by atoms with E-state index in [1.165, 1.54) is 12.1 Å². The standard InChI is InChI=1S/C13H11FN2O2/c1-8-13(9-4-2-3-5-10(9)14)16-11(15-8)6-7-12(17)18/h2-7H,1H3,(H,15,16)(H,17,18)/b7-6+. The van der Waals surface area contributed by atoms with Crippen LogP contribution in [0, 0.1) is 12.7 Å². The smallest absolute Gasteiger partial charge is 0.328 e. The van der Waals surface area contributed by atoms with Crippen LogP contribution in [0.25, 0.3) is 17.3 Å². The summed E-state index contributed by atoms with van der Waals surface area (Å²) in [5, 5.41) is 8.52. The number of halogens is 1. The third-order valence-corrected chi connectivity index (χ3v) is 2.42. The molecule has 0 fully saturated rings. The second kappa shape index (κ2) is 4.83. The van der Waals surface area contributed by atoms with Gasteiger partial charge >= 0.3 is 5.97 Å². The minimum absolute atomic E-state index is 0.360. The molecule has 18 heavy (non-hydrogen) atoms. The van der Waals surface area contributed by atoms with E-state index >= 15 is 0 Å². The van der Waals surface area contributed by atoms with Gasteiger partial charge in [-0.05, 0) is 25.1 Å². The van der Waals surface area contributed by atoms with Gasteiger partial charge in [0.1, 0.15) is 11.6 Å². The number of aryl methyl sites for hydroxylation is 1. The molecule has 0 atom stereocenters. The molecule has 2 rings (SSSR count). The summed E-state index contributed by atoms with van der Waals surface area (Å²) < 4.78 is 13.6. The van der Waals surface area contributed by atoms with Gasteiger partial charge in [-0.25, -0.2) is 14.2 Å². The molecular formula is C13H11FN2O2. The van der Waals surface area contributed by atoms with Crippen molar-refractivity contribution < 1.29 is 14.3 Å². The lowest BCUT2D eigenvalue weighted by atomic mass is 10.1. The number of carbonyl (C=O) groups is 1. The predicted octanol–water partition coefficient (Wildman–Crippen LogP) is 2.62. The normalized spacial score (nSPS) is 11.0. The second-order valence-corrected chi connectivity index (χ2v) is 3.75. The van der Waals surface area contributed by atoms with E-state index in [1.54, 1.807) is 25.1 Å². The summed E-state index contributed by atoms with van der Waals surface area (Å²) >= 11 is 0. The third kappa shape index (κ3) is 2.45. The van der Waals surface area contributed by atoms with Crippen LogP contribution in [0.15, 0.2) is 30.3 Å². The number of aromatic nitrogens is 2. The van der Waals surface area contributed by atoms with Gasteiger partial charge < -0.3 is 10.1 Å². The molecule has 1 aromatic carbocycles. The molecular weight excluding hydrogens is 235 g/mol. The van der Waals surface area contributed by atoms with Crippen molar-refractivity contribution in [3.8, 4) is 11.3 Å². The molecule has 5 heteroatoms. The van der Waals surface area contributed by atoms with Gasteiger partial charge in [-0.1, -0.05) is 12.1 Å². The number of rotatable bonds is 3. The molecule has 0 radical (unpaired) electrons. The SMILES string of the molecule is Cc1[nH]c(/C=C/C(=O)O)nc1-c1ccccc1F. The molecule has 1 heterocycles. The average molecular weight is 246 g/mol. The number of aliphatic carboxylic acids is 1. The minimum atomic E-state index is -1.06. The zero-order chi connectivity index (χ0) is 13.1. The third-order valence-electron chi connectivity index (χ3n) is 2.42. The maximum absolute atomic E-state index is 13.6. The molecule has 0 amide bonds. The zero-order valence-corrected chi connectivity index (χ0v) is 9.64. The first-order chi connectivity index (χ1) is 8.58. The summed E-state index contributed by atoms with van der Waals surface area (Å²) in [6.07, 6.45) is 2.31. The van der Waals surface area contributed by atoms with Crippen molar-refractivity contribution in [3.05, 3.63) is 47.7 Å². The van der Waals surface area contributed by atoms with E-state index in [4.69, 9.17) is 5.11 Å². The van der Waals surface area contributed by atoms with Crippen LogP contribution in [-0.2, 0) is 4.79 Å². The average Bonchev–Trinajstić information content (AvgIpc) is 2.69. The van der Waals surface area contributed by atoms with Crippen LogP contribution in [0.5, 0.6) is 0 Å². The zero-order valence-electron chi connectivity index (χ0n) is 9.64. The number of hydrogen-bond acceptors (Lipinski definition) is 2. The van der Waals surface area contributed by atoms with E-state index < -0.39 is 5.97 Å². The number of imidazole rings is 1. The lowest BCUT2D eigenvalue weighted by molar-refractivity contribution is -0.131. The van der Waals surface area contributed by atoms with Gasteiger partial charge in [0, 0.05) is 17.3 Å². The maximum atomic E-state index is 13.6. The van der Waals surface area contributed by atoms with Crippen molar-refractivity contribution >= 4 is 12.0 Å². The molecule has 0 aliphatic heterocycles. The second-order valence-electron chi connectivity index (χ2n) is 3.75. The molecule has 0 spiro atoms. The lowest BCUT2D eigenvalue weighted by Crippen LogP contribution is -1.87. The van der Waals surface area contributed by atoms with Crippen molar-refractivity contribution in [2.75, 3.05) is 0 Å². The topological polar surface area (TPSA) is 66.0 Å². The van der Waals surface area contributed by atoms with Gasteiger partial charge in [0.15, 0.2) is 0 Å². The number of benzene rings is 1. The maximum Gasteiger partial charge on any atom is 0.328 e. The number of aromatic amines is 1. The van der Waals surface area contributed by atoms with E-state index in [-0.39, 0.29) is 5.82 Å². The van der Waals surface area contributed by atoms with Crippen LogP contribution in [0.4, 0.5) is 4.39 Å². The molecule has 0 aliphatic carbocycles. The van der Waals surface area contributed by atoms with Crippen molar-refractivity contribution in [3.63, 3.8) is 0 Å². The molecule has 2 aromatic rings. The van der Waals surface area contributed by atoms with Gasteiger partial charge in [-0.3, -0.25) is 0 Å². The Morgan fingerprint density at radius 3 is 2.83 bits per heavy atom. The number of carboxylic acids is 1. The van der Waals surface area contributed by atoms with Crippen LogP contribution in [0.3, 0.4) is 0 Å². The molecule has 0 unspecified atom stereocenters. The number of hydrogen-bond donors (Lipinski definition) is 2. The molecule has 0 saturated heterocycles. The van der Waals surface area contributed by atoms with E-state index in [9.17, 15) is 9.18 Å². The Labute approximate surface area is 103 Å². The van der Waals surface area contributed by atoms with Gasteiger partial charge in [-0.2, -0.15) is 0 Å². The van der Waals surface area contributed by atoms with Crippen LogP contribution in [0.1, 0.15) is 11.5 Å². The Kier molecular flexibility index (Phi) is 3.23. The van der Waals surface area contributed by atoms with Crippen LogP contribution >= 0.6 is 0 Å². The summed E-state index contributed by atoms with van der Waals surface area (Å²) in [5.74, 6) is -1.04. The van der Waals surface area contributed by atoms with Crippen LogP contribution < -0.4 is 0 Å². The van der Waals surface area contributed by atoms with Crippen molar-refractivity contribution in [1.29, 1.82) is 0 Å². The summed E-state index contributed by atoms with van der Waals surface area (Å²) in [7, 11) is 0. The van der Waals surface area contributed by atoms with Crippen molar-refractivity contribution in [2.45, 2.75) is 6.92 Å². The predicted molar refractivity (Wildman–Crippen MR) is 65.4 cm³/mol. The highest BCUT2D eigenvalue weighted by Crippen LogP contribution is 2.24. The largest absolute Gasteiger partial charge is 0.478 e. The van der Waals surface area contributed by atoms with Crippen molar-refractivity contribution in [1.82, 2.24) is 9.97 Å². The Balaban J connectivity index is 2.42. The lowest BCUT2D eigenvalue weighted by Gasteiger charge is -1.99. The highest BCUT2D eigenvalue weighted by Gasteiger charge is 2.11. The molecule has 4 nitrogen and oxygen atoms in total. The number of H-pyrrole nitrogens is 1. The first-order valence-electron chi connectivity index (χ1n) is 5.30. The van der Waals surface area contributed by atoms with E-state index in [0.717, 1.165) is 6.08 Å². The van der Waals surface area contributed by atoms with Crippen molar-refractivity contribution in [2.24, 2.45) is 0 Å².